The number of rotatable bonds is 2. The highest BCUT2D eigenvalue weighted by molar-refractivity contribution is 6.35. The minimum atomic E-state index is -4.58. The number of ether oxygens (including phenoxy) is 1. The van der Waals surface area contributed by atoms with Crippen LogP contribution in [0.3, 0.4) is 0 Å². The maximum absolute atomic E-state index is 12.6. The van der Waals surface area contributed by atoms with E-state index < -0.39 is 22.5 Å². The number of alkyl halides is 3. The Bertz CT molecular complexity index is 363. The SMILES string of the molecule is CCOc1c(Cl)ccc(Cl)c1C(F)(F)F. The average molecular weight is 259 g/mol. The molecule has 1 aromatic rings. The van der Waals surface area contributed by atoms with E-state index in [0.29, 0.717) is 0 Å². The maximum Gasteiger partial charge on any atom is 0.421 e. The van der Waals surface area contributed by atoms with Gasteiger partial charge in [-0.15, -0.1) is 0 Å². The van der Waals surface area contributed by atoms with Crippen LogP contribution in [0.25, 0.3) is 0 Å². The van der Waals surface area contributed by atoms with Crippen molar-refractivity contribution in [2.75, 3.05) is 6.61 Å². The van der Waals surface area contributed by atoms with Gasteiger partial charge in [0.25, 0.3) is 0 Å². The predicted octanol–water partition coefficient (Wildman–Crippen LogP) is 4.41. The summed E-state index contributed by atoms with van der Waals surface area (Å²) < 4.78 is 42.6. The van der Waals surface area contributed by atoms with Crippen molar-refractivity contribution >= 4 is 23.2 Å². The van der Waals surface area contributed by atoms with Crippen molar-refractivity contribution in [1.29, 1.82) is 0 Å². The Kier molecular flexibility index (Phi) is 3.73. The molecule has 1 aromatic carbocycles. The van der Waals surface area contributed by atoms with E-state index in [2.05, 4.69) is 0 Å². The highest BCUT2D eigenvalue weighted by Crippen LogP contribution is 2.44. The minimum Gasteiger partial charge on any atom is -0.492 e. The maximum atomic E-state index is 12.6. The lowest BCUT2D eigenvalue weighted by atomic mass is 10.2. The molecule has 84 valence electrons. The van der Waals surface area contributed by atoms with E-state index in [1.807, 2.05) is 0 Å². The fraction of sp³-hybridized carbons (Fsp3) is 0.333. The molecule has 0 aliphatic carbocycles. The first-order chi connectivity index (χ1) is 6.88. The molecule has 0 spiro atoms. The third-order valence-electron chi connectivity index (χ3n) is 1.63. The molecule has 1 nitrogen and oxygen atoms in total. The van der Waals surface area contributed by atoms with E-state index in [9.17, 15) is 13.2 Å². The molecular weight excluding hydrogens is 252 g/mol. The fourth-order valence-corrected chi connectivity index (χ4v) is 1.55. The summed E-state index contributed by atoms with van der Waals surface area (Å²) in [7, 11) is 0. The molecule has 0 fully saturated rings. The van der Waals surface area contributed by atoms with Crippen molar-refractivity contribution in [2.45, 2.75) is 13.1 Å². The molecule has 0 saturated heterocycles. The van der Waals surface area contributed by atoms with Crippen molar-refractivity contribution in [3.8, 4) is 5.75 Å². The summed E-state index contributed by atoms with van der Waals surface area (Å²) >= 11 is 11.1. The van der Waals surface area contributed by atoms with Crippen molar-refractivity contribution in [3.05, 3.63) is 27.7 Å². The van der Waals surface area contributed by atoms with Crippen LogP contribution in [0.5, 0.6) is 5.75 Å². The van der Waals surface area contributed by atoms with Crippen LogP contribution in [-0.4, -0.2) is 6.61 Å². The zero-order chi connectivity index (χ0) is 11.6. The number of halogens is 5. The van der Waals surface area contributed by atoms with Crippen molar-refractivity contribution < 1.29 is 17.9 Å². The predicted molar refractivity (Wildman–Crippen MR) is 52.6 cm³/mol. The Morgan fingerprint density at radius 1 is 1.20 bits per heavy atom. The van der Waals surface area contributed by atoms with Crippen LogP contribution in [0.2, 0.25) is 10.0 Å². The lowest BCUT2D eigenvalue weighted by molar-refractivity contribution is -0.138. The standard InChI is InChI=1S/C9H7Cl2F3O/c1-2-15-8-6(11)4-3-5(10)7(8)9(12,13)14/h3-4H,2H2,1H3. The van der Waals surface area contributed by atoms with Crippen LogP contribution in [0, 0.1) is 0 Å². The second-order valence-electron chi connectivity index (χ2n) is 2.66. The monoisotopic (exact) mass is 258 g/mol. The highest BCUT2D eigenvalue weighted by Gasteiger charge is 2.38. The second kappa shape index (κ2) is 4.49. The summed E-state index contributed by atoms with van der Waals surface area (Å²) in [6.07, 6.45) is -4.58. The fourth-order valence-electron chi connectivity index (χ4n) is 1.08. The Morgan fingerprint density at radius 3 is 2.20 bits per heavy atom. The van der Waals surface area contributed by atoms with Gasteiger partial charge in [-0.05, 0) is 19.1 Å². The normalized spacial score (nSPS) is 11.6. The first-order valence-electron chi connectivity index (χ1n) is 4.06. The Hall–Kier alpha value is -0.610. The summed E-state index contributed by atoms with van der Waals surface area (Å²) in [5, 5.41) is -0.524. The lowest BCUT2D eigenvalue weighted by Gasteiger charge is -2.15. The number of benzene rings is 1. The van der Waals surface area contributed by atoms with Gasteiger partial charge in [-0.3, -0.25) is 0 Å². The molecule has 0 heterocycles. The number of hydrogen-bond donors (Lipinski definition) is 0. The van der Waals surface area contributed by atoms with Gasteiger partial charge in [0.15, 0.2) is 5.75 Å². The molecule has 0 N–H and O–H groups in total. The molecule has 0 bridgehead atoms. The molecule has 6 heteroatoms. The van der Waals surface area contributed by atoms with Crippen LogP contribution in [0.15, 0.2) is 12.1 Å². The Labute approximate surface area is 94.7 Å². The highest BCUT2D eigenvalue weighted by atomic mass is 35.5. The summed E-state index contributed by atoms with van der Waals surface area (Å²) in [6, 6.07) is 2.36. The first kappa shape index (κ1) is 12.5. The first-order valence-corrected chi connectivity index (χ1v) is 4.81. The van der Waals surface area contributed by atoms with Gasteiger partial charge in [0, 0.05) is 0 Å². The lowest BCUT2D eigenvalue weighted by Crippen LogP contribution is -2.10. The summed E-state index contributed by atoms with van der Waals surface area (Å²) in [5.74, 6) is -0.417. The van der Waals surface area contributed by atoms with E-state index >= 15 is 0 Å². The van der Waals surface area contributed by atoms with Gasteiger partial charge in [-0.25, -0.2) is 0 Å². The zero-order valence-corrected chi connectivity index (χ0v) is 9.17. The van der Waals surface area contributed by atoms with Gasteiger partial charge in [0.05, 0.1) is 16.7 Å². The van der Waals surface area contributed by atoms with E-state index in [1.165, 1.54) is 6.07 Å². The van der Waals surface area contributed by atoms with Crippen LogP contribution in [-0.2, 0) is 6.18 Å². The third kappa shape index (κ3) is 2.69. The van der Waals surface area contributed by atoms with Crippen LogP contribution >= 0.6 is 23.2 Å². The van der Waals surface area contributed by atoms with E-state index in [-0.39, 0.29) is 11.6 Å². The van der Waals surface area contributed by atoms with E-state index in [0.717, 1.165) is 6.07 Å². The number of hydrogen-bond acceptors (Lipinski definition) is 1. The molecule has 0 aliphatic heterocycles. The average Bonchev–Trinajstić information content (AvgIpc) is 2.09. The van der Waals surface area contributed by atoms with Crippen LogP contribution in [0.1, 0.15) is 12.5 Å². The van der Waals surface area contributed by atoms with Crippen LogP contribution < -0.4 is 4.74 Å². The largest absolute Gasteiger partial charge is 0.492 e. The molecule has 0 unspecified atom stereocenters. The van der Waals surface area contributed by atoms with Gasteiger partial charge in [-0.1, -0.05) is 23.2 Å². The van der Waals surface area contributed by atoms with Gasteiger partial charge in [0.1, 0.15) is 5.56 Å². The van der Waals surface area contributed by atoms with Gasteiger partial charge >= 0.3 is 6.18 Å². The molecule has 1 rings (SSSR count). The molecule has 0 atom stereocenters. The quantitative estimate of drug-likeness (QED) is 0.764. The zero-order valence-electron chi connectivity index (χ0n) is 7.66. The second-order valence-corrected chi connectivity index (χ2v) is 3.48. The summed E-state index contributed by atoms with van der Waals surface area (Å²) in [4.78, 5) is 0. The van der Waals surface area contributed by atoms with Gasteiger partial charge in [-0.2, -0.15) is 13.2 Å². The van der Waals surface area contributed by atoms with Gasteiger partial charge in [0.2, 0.25) is 0 Å². The van der Waals surface area contributed by atoms with E-state index in [4.69, 9.17) is 27.9 Å². The van der Waals surface area contributed by atoms with Crippen LogP contribution in [0.4, 0.5) is 13.2 Å². The molecule has 0 aliphatic rings. The molecule has 0 saturated carbocycles. The molecule has 0 radical (unpaired) electrons. The Balaban J connectivity index is 3.38. The smallest absolute Gasteiger partial charge is 0.421 e. The van der Waals surface area contributed by atoms with Gasteiger partial charge < -0.3 is 4.74 Å². The molecule has 0 aromatic heterocycles. The van der Waals surface area contributed by atoms with E-state index in [1.54, 1.807) is 6.92 Å². The summed E-state index contributed by atoms with van der Waals surface area (Å²) in [6.45, 7) is 1.65. The molecular formula is C9H7Cl2F3O. The molecule has 0 amide bonds. The van der Waals surface area contributed by atoms with Crippen molar-refractivity contribution in [1.82, 2.24) is 0 Å². The minimum absolute atomic E-state index is 0.0865. The van der Waals surface area contributed by atoms with Crippen molar-refractivity contribution in [3.63, 3.8) is 0 Å². The summed E-state index contributed by atoms with van der Waals surface area (Å²) in [5.41, 5.74) is -1.03. The molecule has 15 heavy (non-hydrogen) atoms. The Morgan fingerprint density at radius 2 is 1.73 bits per heavy atom. The topological polar surface area (TPSA) is 9.23 Å². The van der Waals surface area contributed by atoms with Crippen molar-refractivity contribution in [2.24, 2.45) is 0 Å². The third-order valence-corrected chi connectivity index (χ3v) is 2.24.